The Labute approximate surface area is 138 Å². The molecule has 1 N–H and O–H groups in total. The molecular weight excluding hydrogens is 318 g/mol. The van der Waals surface area contributed by atoms with Crippen LogP contribution in [0.3, 0.4) is 0 Å². The smallest absolute Gasteiger partial charge is 0.289 e. The van der Waals surface area contributed by atoms with Gasteiger partial charge in [-0.2, -0.15) is 0 Å². The van der Waals surface area contributed by atoms with Crippen LogP contribution in [-0.4, -0.2) is 34.8 Å². The Morgan fingerprint density at radius 1 is 1.35 bits per heavy atom. The Bertz CT molecular complexity index is 685. The lowest BCUT2D eigenvalue weighted by Crippen LogP contribution is -2.43. The molecule has 1 saturated heterocycles. The van der Waals surface area contributed by atoms with Gasteiger partial charge in [0.2, 0.25) is 5.91 Å². The number of pyridine rings is 1. The lowest BCUT2D eigenvalue weighted by molar-refractivity contribution is -0.121. The van der Waals surface area contributed by atoms with Crippen LogP contribution in [-0.2, 0) is 4.79 Å². The van der Waals surface area contributed by atoms with Crippen molar-refractivity contribution >= 4 is 29.2 Å². The summed E-state index contributed by atoms with van der Waals surface area (Å²) in [6, 6.07) is 6.61. The maximum Gasteiger partial charge on any atom is 0.289 e. The maximum atomic E-state index is 12.4. The third-order valence-electron chi connectivity index (χ3n) is 3.79. The topological polar surface area (TPSA) is 75.4 Å². The quantitative estimate of drug-likeness (QED) is 0.937. The molecule has 1 fully saturated rings. The Hall–Kier alpha value is -2.34. The van der Waals surface area contributed by atoms with Crippen molar-refractivity contribution in [1.82, 2.24) is 9.88 Å². The van der Waals surface area contributed by atoms with Gasteiger partial charge in [0.05, 0.1) is 17.2 Å². The highest BCUT2D eigenvalue weighted by Gasteiger charge is 2.30. The van der Waals surface area contributed by atoms with Gasteiger partial charge in [-0.3, -0.25) is 9.59 Å². The number of hydrogen-bond donors (Lipinski definition) is 1. The van der Waals surface area contributed by atoms with Gasteiger partial charge in [0.15, 0.2) is 5.76 Å². The average molecular weight is 334 g/mol. The van der Waals surface area contributed by atoms with E-state index in [1.54, 1.807) is 29.2 Å². The number of anilines is 1. The van der Waals surface area contributed by atoms with Crippen molar-refractivity contribution < 1.29 is 14.0 Å². The summed E-state index contributed by atoms with van der Waals surface area (Å²) in [5.41, 5.74) is 0. The molecule has 0 aliphatic carbocycles. The Morgan fingerprint density at radius 3 is 2.91 bits per heavy atom. The monoisotopic (exact) mass is 333 g/mol. The lowest BCUT2D eigenvalue weighted by Gasteiger charge is -2.31. The second-order valence-electron chi connectivity index (χ2n) is 5.42. The number of nitrogens with one attached hydrogen (secondary N) is 1. The third-order valence-corrected chi connectivity index (χ3v) is 4.01. The van der Waals surface area contributed by atoms with Crippen molar-refractivity contribution in [1.29, 1.82) is 0 Å². The minimum absolute atomic E-state index is 0.142. The molecular formula is C16H16ClN3O3. The van der Waals surface area contributed by atoms with Gasteiger partial charge >= 0.3 is 0 Å². The third kappa shape index (κ3) is 3.71. The predicted octanol–water partition coefficient (Wildman–Crippen LogP) is 2.82. The molecule has 1 aliphatic rings. The first-order valence-corrected chi connectivity index (χ1v) is 7.76. The molecule has 1 atom stereocenters. The van der Waals surface area contributed by atoms with Gasteiger partial charge in [0.1, 0.15) is 5.82 Å². The van der Waals surface area contributed by atoms with Crippen LogP contribution in [0.2, 0.25) is 5.02 Å². The molecule has 120 valence electrons. The van der Waals surface area contributed by atoms with E-state index >= 15 is 0 Å². The minimum atomic E-state index is -0.264. The van der Waals surface area contributed by atoms with Crippen molar-refractivity contribution in [2.45, 2.75) is 12.8 Å². The first-order chi connectivity index (χ1) is 11.1. The van der Waals surface area contributed by atoms with E-state index < -0.39 is 0 Å². The SMILES string of the molecule is O=C(Nc1ccc(Cl)cn1)C1CCCN(C(=O)c2ccco2)C1. The van der Waals surface area contributed by atoms with E-state index in [0.717, 1.165) is 12.8 Å². The fourth-order valence-corrected chi connectivity index (χ4v) is 2.72. The van der Waals surface area contributed by atoms with Gasteiger partial charge in [-0.1, -0.05) is 11.6 Å². The number of carbonyl (C=O) groups is 2. The van der Waals surface area contributed by atoms with Gasteiger partial charge in [-0.25, -0.2) is 4.98 Å². The van der Waals surface area contributed by atoms with Gasteiger partial charge < -0.3 is 14.6 Å². The number of amides is 2. The molecule has 2 aromatic rings. The Balaban J connectivity index is 1.62. The molecule has 6 nitrogen and oxygen atoms in total. The molecule has 3 heterocycles. The van der Waals surface area contributed by atoms with E-state index in [1.165, 1.54) is 12.5 Å². The predicted molar refractivity (Wildman–Crippen MR) is 85.2 cm³/mol. The molecule has 2 amide bonds. The summed E-state index contributed by atoms with van der Waals surface area (Å²) in [4.78, 5) is 30.4. The van der Waals surface area contributed by atoms with E-state index in [4.69, 9.17) is 16.0 Å². The van der Waals surface area contributed by atoms with Crippen LogP contribution in [0.25, 0.3) is 0 Å². The van der Waals surface area contributed by atoms with Crippen molar-refractivity contribution in [3.8, 4) is 0 Å². The normalized spacial score (nSPS) is 17.8. The number of nitrogens with zero attached hydrogens (tertiary/aromatic N) is 2. The van der Waals surface area contributed by atoms with Crippen molar-refractivity contribution in [3.63, 3.8) is 0 Å². The molecule has 0 spiro atoms. The van der Waals surface area contributed by atoms with Crippen molar-refractivity contribution in [2.75, 3.05) is 18.4 Å². The molecule has 0 radical (unpaired) electrons. The van der Waals surface area contributed by atoms with Gasteiger partial charge in [0, 0.05) is 19.3 Å². The van der Waals surface area contributed by atoms with Crippen molar-refractivity contribution in [3.05, 3.63) is 47.5 Å². The van der Waals surface area contributed by atoms with Crippen LogP contribution in [0.5, 0.6) is 0 Å². The van der Waals surface area contributed by atoms with Crippen molar-refractivity contribution in [2.24, 2.45) is 5.92 Å². The largest absolute Gasteiger partial charge is 0.459 e. The summed E-state index contributed by atoms with van der Waals surface area (Å²) >= 11 is 5.77. The van der Waals surface area contributed by atoms with E-state index in [0.29, 0.717) is 29.7 Å². The second kappa shape index (κ2) is 6.83. The number of aromatic nitrogens is 1. The highest BCUT2D eigenvalue weighted by atomic mass is 35.5. The molecule has 7 heteroatoms. The van der Waals surface area contributed by atoms with E-state index in [1.807, 2.05) is 0 Å². The molecule has 3 rings (SSSR count). The Kier molecular flexibility index (Phi) is 4.62. The zero-order valence-electron chi connectivity index (χ0n) is 12.4. The number of halogens is 1. The number of hydrogen-bond acceptors (Lipinski definition) is 4. The highest BCUT2D eigenvalue weighted by molar-refractivity contribution is 6.30. The lowest BCUT2D eigenvalue weighted by atomic mass is 9.97. The summed E-state index contributed by atoms with van der Waals surface area (Å²) in [5, 5.41) is 3.27. The van der Waals surface area contributed by atoms with E-state index in [2.05, 4.69) is 10.3 Å². The number of carbonyl (C=O) groups excluding carboxylic acids is 2. The van der Waals surface area contributed by atoms with E-state index in [-0.39, 0.29) is 17.7 Å². The molecule has 23 heavy (non-hydrogen) atoms. The highest BCUT2D eigenvalue weighted by Crippen LogP contribution is 2.20. The van der Waals surface area contributed by atoms with Gasteiger partial charge in [-0.15, -0.1) is 0 Å². The summed E-state index contributed by atoms with van der Waals surface area (Å²) in [6.07, 6.45) is 4.46. The number of furan rings is 1. The molecule has 0 aromatic carbocycles. The average Bonchev–Trinajstić information content (AvgIpc) is 3.11. The first kappa shape index (κ1) is 15.6. The molecule has 1 unspecified atom stereocenters. The molecule has 0 bridgehead atoms. The van der Waals surface area contributed by atoms with E-state index in [9.17, 15) is 9.59 Å². The van der Waals surface area contributed by atoms with Crippen LogP contribution in [0.1, 0.15) is 23.4 Å². The zero-order chi connectivity index (χ0) is 16.2. The first-order valence-electron chi connectivity index (χ1n) is 7.38. The standard InChI is InChI=1S/C16H16ClN3O3/c17-12-5-6-14(18-9-12)19-15(21)11-3-1-7-20(10-11)16(22)13-4-2-8-23-13/h2,4-6,8-9,11H,1,3,7,10H2,(H,18,19,21). The van der Waals surface area contributed by atoms with Crippen LogP contribution >= 0.6 is 11.6 Å². The van der Waals surface area contributed by atoms with Crippen LogP contribution in [0, 0.1) is 5.92 Å². The van der Waals surface area contributed by atoms with Gasteiger partial charge in [0.25, 0.3) is 5.91 Å². The summed E-state index contributed by atoms with van der Waals surface area (Å²) < 4.78 is 5.14. The number of likely N-dealkylation sites (tertiary alicyclic amines) is 1. The summed E-state index contributed by atoms with van der Waals surface area (Å²) in [6.45, 7) is 1.00. The zero-order valence-corrected chi connectivity index (χ0v) is 13.1. The molecule has 2 aromatic heterocycles. The second-order valence-corrected chi connectivity index (χ2v) is 5.85. The molecule has 0 saturated carbocycles. The summed E-state index contributed by atoms with van der Waals surface area (Å²) in [5.74, 6) is 0.160. The number of piperidine rings is 1. The maximum absolute atomic E-state index is 12.4. The minimum Gasteiger partial charge on any atom is -0.459 e. The fraction of sp³-hybridized carbons (Fsp3) is 0.312. The van der Waals surface area contributed by atoms with Crippen LogP contribution in [0.15, 0.2) is 41.1 Å². The van der Waals surface area contributed by atoms with Crippen LogP contribution < -0.4 is 5.32 Å². The fourth-order valence-electron chi connectivity index (χ4n) is 2.61. The number of rotatable bonds is 3. The van der Waals surface area contributed by atoms with Crippen LogP contribution in [0.4, 0.5) is 5.82 Å². The Morgan fingerprint density at radius 2 is 2.22 bits per heavy atom. The molecule has 1 aliphatic heterocycles. The van der Waals surface area contributed by atoms with Gasteiger partial charge in [-0.05, 0) is 37.1 Å². The summed E-state index contributed by atoms with van der Waals surface area (Å²) in [7, 11) is 0.